The zero-order chi connectivity index (χ0) is 13.9. The van der Waals surface area contributed by atoms with Gasteiger partial charge in [0.15, 0.2) is 0 Å². The third kappa shape index (κ3) is 3.06. The second-order valence-corrected chi connectivity index (χ2v) is 4.53. The molecule has 0 spiro atoms. The van der Waals surface area contributed by atoms with Crippen molar-refractivity contribution in [3.8, 4) is 0 Å². The molecule has 18 heavy (non-hydrogen) atoms. The molecule has 1 N–H and O–H groups in total. The standard InChI is InChI=1S/C13H16FNO3/c1-8-7-9(14)5-6-10(8)11(16)15-13(2,3)12(17)18-4/h5-7H,1-4H3,(H,15,16). The van der Waals surface area contributed by atoms with Crippen molar-refractivity contribution in [2.24, 2.45) is 0 Å². The molecule has 0 saturated heterocycles. The predicted molar refractivity (Wildman–Crippen MR) is 64.7 cm³/mol. The summed E-state index contributed by atoms with van der Waals surface area (Å²) in [5.74, 6) is -1.39. The molecule has 0 aliphatic carbocycles. The zero-order valence-corrected chi connectivity index (χ0v) is 10.8. The Bertz CT molecular complexity index is 483. The highest BCUT2D eigenvalue weighted by Crippen LogP contribution is 2.12. The number of ether oxygens (including phenoxy) is 1. The molecule has 98 valence electrons. The lowest BCUT2D eigenvalue weighted by atomic mass is 10.0. The second-order valence-electron chi connectivity index (χ2n) is 4.53. The second kappa shape index (κ2) is 5.16. The minimum absolute atomic E-state index is 0.327. The first-order valence-electron chi connectivity index (χ1n) is 5.45. The van der Waals surface area contributed by atoms with E-state index < -0.39 is 23.2 Å². The summed E-state index contributed by atoms with van der Waals surface area (Å²) >= 11 is 0. The molecule has 1 amide bonds. The van der Waals surface area contributed by atoms with E-state index in [2.05, 4.69) is 10.1 Å². The summed E-state index contributed by atoms with van der Waals surface area (Å²) in [6.07, 6.45) is 0. The van der Waals surface area contributed by atoms with Gasteiger partial charge in [-0.25, -0.2) is 9.18 Å². The summed E-state index contributed by atoms with van der Waals surface area (Å²) in [6, 6.07) is 3.85. The van der Waals surface area contributed by atoms with Crippen molar-refractivity contribution in [1.82, 2.24) is 5.32 Å². The van der Waals surface area contributed by atoms with Gasteiger partial charge in [-0.3, -0.25) is 4.79 Å². The number of hydrogen-bond acceptors (Lipinski definition) is 3. The van der Waals surface area contributed by atoms with Crippen LogP contribution in [0.15, 0.2) is 18.2 Å². The monoisotopic (exact) mass is 253 g/mol. The van der Waals surface area contributed by atoms with E-state index >= 15 is 0 Å². The first-order valence-corrected chi connectivity index (χ1v) is 5.45. The van der Waals surface area contributed by atoms with Crippen molar-refractivity contribution in [1.29, 1.82) is 0 Å². The molecule has 0 saturated carbocycles. The van der Waals surface area contributed by atoms with Crippen LogP contribution in [0.4, 0.5) is 4.39 Å². The van der Waals surface area contributed by atoms with E-state index in [1.807, 2.05) is 0 Å². The van der Waals surface area contributed by atoms with Crippen molar-refractivity contribution in [2.75, 3.05) is 7.11 Å². The fraction of sp³-hybridized carbons (Fsp3) is 0.385. The van der Waals surface area contributed by atoms with E-state index in [0.29, 0.717) is 11.1 Å². The quantitative estimate of drug-likeness (QED) is 0.836. The van der Waals surface area contributed by atoms with Gasteiger partial charge in [-0.15, -0.1) is 0 Å². The lowest BCUT2D eigenvalue weighted by Gasteiger charge is -2.23. The Morgan fingerprint density at radius 1 is 1.33 bits per heavy atom. The van der Waals surface area contributed by atoms with Crippen molar-refractivity contribution in [2.45, 2.75) is 26.3 Å². The lowest BCUT2D eigenvalue weighted by molar-refractivity contribution is -0.146. The molecule has 0 bridgehead atoms. The van der Waals surface area contributed by atoms with Gasteiger partial charge in [0.2, 0.25) is 0 Å². The Balaban J connectivity index is 2.92. The Morgan fingerprint density at radius 2 is 1.94 bits per heavy atom. The largest absolute Gasteiger partial charge is 0.467 e. The summed E-state index contributed by atoms with van der Waals surface area (Å²) in [4.78, 5) is 23.4. The first-order chi connectivity index (χ1) is 8.27. The van der Waals surface area contributed by atoms with E-state index in [9.17, 15) is 14.0 Å². The van der Waals surface area contributed by atoms with Crippen LogP contribution in [0.1, 0.15) is 29.8 Å². The maximum absolute atomic E-state index is 12.9. The number of carbonyl (C=O) groups is 2. The summed E-state index contributed by atoms with van der Waals surface area (Å²) in [6.45, 7) is 4.70. The SMILES string of the molecule is COC(=O)C(C)(C)NC(=O)c1ccc(F)cc1C. The van der Waals surface area contributed by atoms with E-state index in [4.69, 9.17) is 0 Å². The van der Waals surface area contributed by atoms with Gasteiger partial charge in [0.25, 0.3) is 5.91 Å². The van der Waals surface area contributed by atoms with E-state index in [1.54, 1.807) is 6.92 Å². The fourth-order valence-electron chi connectivity index (χ4n) is 1.54. The molecule has 1 aromatic carbocycles. The number of hydrogen-bond donors (Lipinski definition) is 1. The van der Waals surface area contributed by atoms with Crippen LogP contribution in [0.2, 0.25) is 0 Å². The topological polar surface area (TPSA) is 55.4 Å². The van der Waals surface area contributed by atoms with Gasteiger partial charge >= 0.3 is 5.97 Å². The smallest absolute Gasteiger partial charge is 0.330 e. The number of halogens is 1. The van der Waals surface area contributed by atoms with Crippen molar-refractivity contribution in [3.63, 3.8) is 0 Å². The Kier molecular flexibility index (Phi) is 4.06. The van der Waals surface area contributed by atoms with Crippen molar-refractivity contribution < 1.29 is 18.7 Å². The summed E-state index contributed by atoms with van der Waals surface area (Å²) in [5.41, 5.74) is -0.298. The molecule has 0 radical (unpaired) electrons. The molecule has 0 aliphatic rings. The predicted octanol–water partition coefficient (Wildman–Crippen LogP) is 1.82. The van der Waals surface area contributed by atoms with Gasteiger partial charge in [0.1, 0.15) is 11.4 Å². The van der Waals surface area contributed by atoms with Crippen molar-refractivity contribution in [3.05, 3.63) is 35.1 Å². The van der Waals surface area contributed by atoms with Crippen LogP contribution in [0.3, 0.4) is 0 Å². The number of methoxy groups -OCH3 is 1. The number of aryl methyl sites for hydroxylation is 1. The number of nitrogens with one attached hydrogen (secondary N) is 1. The maximum atomic E-state index is 12.9. The van der Waals surface area contributed by atoms with Gasteiger partial charge in [-0.2, -0.15) is 0 Å². The van der Waals surface area contributed by atoms with Crippen molar-refractivity contribution >= 4 is 11.9 Å². The van der Waals surface area contributed by atoms with Crippen LogP contribution < -0.4 is 5.32 Å². The average molecular weight is 253 g/mol. The Morgan fingerprint density at radius 3 is 2.44 bits per heavy atom. The number of benzene rings is 1. The molecular weight excluding hydrogens is 237 g/mol. The lowest BCUT2D eigenvalue weighted by Crippen LogP contribution is -2.50. The zero-order valence-electron chi connectivity index (χ0n) is 10.8. The van der Waals surface area contributed by atoms with Gasteiger partial charge in [0.05, 0.1) is 7.11 Å². The molecule has 0 aliphatic heterocycles. The van der Waals surface area contributed by atoms with Crippen LogP contribution >= 0.6 is 0 Å². The van der Waals surface area contributed by atoms with Gasteiger partial charge < -0.3 is 10.1 Å². The highest BCUT2D eigenvalue weighted by Gasteiger charge is 2.31. The number of rotatable bonds is 3. The molecule has 0 heterocycles. The number of amides is 1. The molecule has 0 fully saturated rings. The van der Waals surface area contributed by atoms with Gasteiger partial charge in [0, 0.05) is 5.56 Å². The fourth-order valence-corrected chi connectivity index (χ4v) is 1.54. The highest BCUT2D eigenvalue weighted by molar-refractivity contribution is 5.98. The molecule has 1 aromatic rings. The molecule has 1 rings (SSSR count). The summed E-state index contributed by atoms with van der Waals surface area (Å²) in [7, 11) is 1.25. The molecule has 5 heteroatoms. The van der Waals surface area contributed by atoms with E-state index in [0.717, 1.165) is 0 Å². The van der Waals surface area contributed by atoms with Gasteiger partial charge in [-0.1, -0.05) is 0 Å². The van der Waals surface area contributed by atoms with Gasteiger partial charge in [-0.05, 0) is 44.5 Å². The molecule has 4 nitrogen and oxygen atoms in total. The highest BCUT2D eigenvalue weighted by atomic mass is 19.1. The number of carbonyl (C=O) groups excluding carboxylic acids is 2. The van der Waals surface area contributed by atoms with Crippen LogP contribution in [0.5, 0.6) is 0 Å². The minimum Gasteiger partial charge on any atom is -0.467 e. The van der Waals surface area contributed by atoms with Crippen LogP contribution in [-0.2, 0) is 9.53 Å². The normalized spacial score (nSPS) is 10.9. The summed E-state index contributed by atoms with van der Waals surface area (Å²) in [5, 5.41) is 2.55. The third-order valence-corrected chi connectivity index (χ3v) is 2.55. The maximum Gasteiger partial charge on any atom is 0.330 e. The summed E-state index contributed by atoms with van der Waals surface area (Å²) < 4.78 is 17.5. The minimum atomic E-state index is -1.13. The van der Waals surface area contributed by atoms with Crippen LogP contribution in [-0.4, -0.2) is 24.5 Å². The average Bonchev–Trinajstić information content (AvgIpc) is 2.26. The third-order valence-electron chi connectivity index (χ3n) is 2.55. The molecule has 0 atom stereocenters. The van der Waals surface area contributed by atoms with Crippen LogP contribution in [0.25, 0.3) is 0 Å². The Hall–Kier alpha value is -1.91. The van der Waals surface area contributed by atoms with Crippen LogP contribution in [0, 0.1) is 12.7 Å². The molecular formula is C13H16FNO3. The van der Waals surface area contributed by atoms with E-state index in [1.165, 1.54) is 39.2 Å². The molecule has 0 unspecified atom stereocenters. The molecule has 0 aromatic heterocycles. The van der Waals surface area contributed by atoms with E-state index in [-0.39, 0.29) is 0 Å². The first kappa shape index (κ1) is 14.2. The Labute approximate surface area is 105 Å². The number of esters is 1.